The molecule has 4 heterocycles. The summed E-state index contributed by atoms with van der Waals surface area (Å²) >= 11 is 0. The largest absolute Gasteiger partial charge is 0.457 e. The first-order valence-corrected chi connectivity index (χ1v) is 28.9. The Kier molecular flexibility index (Phi) is 24.4. The molecule has 5 rings (SSSR count). The molecule has 2 fully saturated rings. The van der Waals surface area contributed by atoms with Crippen molar-refractivity contribution in [1.82, 2.24) is 15.1 Å². The second-order valence-electron chi connectivity index (χ2n) is 23.8. The number of rotatable bonds is 26. The van der Waals surface area contributed by atoms with Gasteiger partial charge < -0.3 is 39.0 Å². The second kappa shape index (κ2) is 29.9. The van der Waals surface area contributed by atoms with Crippen molar-refractivity contribution >= 4 is 41.4 Å². The van der Waals surface area contributed by atoms with Crippen molar-refractivity contribution in [3.8, 4) is 0 Å². The summed E-state index contributed by atoms with van der Waals surface area (Å²) < 4.78 is 24.9. The third-order valence-corrected chi connectivity index (χ3v) is 16.7. The lowest BCUT2D eigenvalue weighted by molar-refractivity contribution is -0.926. The predicted octanol–water partition coefficient (Wildman–Crippen LogP) is 7.54. The van der Waals surface area contributed by atoms with Crippen LogP contribution in [0.4, 0.5) is 4.79 Å². The molecule has 4 aliphatic rings. The third kappa shape index (κ3) is 19.4. The highest BCUT2D eigenvalue weighted by Crippen LogP contribution is 2.37. The SMILES string of the molecule is CC[C@H](O)[C@@H](C)[C@H]1O[C@@H]1C[C@H](C)/C=C/C=C(\C)[C@H]1OC(=O)C[C@H](O)CC[C@@](C)(OC)[C@@H](OC(=O)N2CC[N+](C)(Cc3ccc(CC(=O)[C@H](C)NC(=O)[C@@H](CC(=O)CCCCCN4C(=O)C=CC4=O)C(C)C)cc3)CC2)/C=C/[C@@H]1C. The van der Waals surface area contributed by atoms with E-state index in [0.29, 0.717) is 82.3 Å². The number of amides is 4. The molecule has 0 spiro atoms. The number of aliphatic hydroxyl groups excluding tert-OH is 2. The van der Waals surface area contributed by atoms with Gasteiger partial charge in [-0.3, -0.25) is 38.6 Å². The van der Waals surface area contributed by atoms with Gasteiger partial charge in [-0.2, -0.15) is 0 Å². The Morgan fingerprint density at radius 2 is 1.62 bits per heavy atom. The number of esters is 1. The number of nitrogens with one attached hydrogen (secondary N) is 1. The number of imide groups is 1. The molecule has 3 N–H and O–H groups in total. The zero-order valence-corrected chi connectivity index (χ0v) is 49.0. The van der Waals surface area contributed by atoms with E-state index < -0.39 is 47.9 Å². The zero-order valence-electron chi connectivity index (χ0n) is 49.0. The van der Waals surface area contributed by atoms with Crippen molar-refractivity contribution in [2.75, 3.05) is 46.9 Å². The molecule has 12 atom stereocenters. The van der Waals surface area contributed by atoms with E-state index in [-0.39, 0.29) is 97.0 Å². The monoisotopic (exact) mass is 1100 g/mol. The highest BCUT2D eigenvalue weighted by Gasteiger charge is 2.45. The first-order chi connectivity index (χ1) is 37.3. The molecule has 0 aromatic heterocycles. The van der Waals surface area contributed by atoms with Gasteiger partial charge in [0.15, 0.2) is 11.9 Å². The van der Waals surface area contributed by atoms with Gasteiger partial charge in [0.05, 0.1) is 70.1 Å². The number of methoxy groups -OCH3 is 1. The van der Waals surface area contributed by atoms with Gasteiger partial charge in [-0.1, -0.05) is 96.5 Å². The molecule has 0 aliphatic carbocycles. The lowest BCUT2D eigenvalue weighted by Crippen LogP contribution is -2.58. The number of carbonyl (C=O) groups excluding carboxylic acids is 7. The van der Waals surface area contributed by atoms with E-state index >= 15 is 0 Å². The smallest absolute Gasteiger partial charge is 0.410 e. The number of quaternary nitrogens is 1. The number of hydrogen-bond donors (Lipinski definition) is 3. The lowest BCUT2D eigenvalue weighted by Gasteiger charge is -2.42. The first-order valence-electron chi connectivity index (χ1n) is 28.9. The number of carbonyl (C=O) groups is 7. The number of piperazine rings is 1. The molecule has 438 valence electrons. The average Bonchev–Trinajstić information content (AvgIpc) is 4.15. The third-order valence-electron chi connectivity index (χ3n) is 16.7. The van der Waals surface area contributed by atoms with E-state index in [2.05, 4.69) is 25.4 Å². The van der Waals surface area contributed by atoms with E-state index in [4.69, 9.17) is 18.9 Å². The molecule has 2 saturated heterocycles. The summed E-state index contributed by atoms with van der Waals surface area (Å²) in [6.07, 6.45) is 13.3. The van der Waals surface area contributed by atoms with Crippen LogP contribution in [0.1, 0.15) is 138 Å². The standard InChI is InChI=1S/C62H92N4O13/c1-12-51(69)44(7)59-53(77-59)35-41(4)17-16-18-42(5)58-43(6)20-25-54(62(9,76-11)29-28-49(68)38-57(73)79-58)78-61(75)64-31-33-66(10,34-32-64)39-47-23-21-46(22-24-47)36-52(70)45(8)63-60(74)50(40(2)3)37-48(67)19-14-13-15-30-65-55(71)26-27-56(65)72/h16-18,20-27,40-41,43-45,49-51,53-54,58-59,68-69H,12-15,19,28-39H2,1-11H3/p+1/b17-16+,25-20+,42-18+/t41-,43+,44-,45+,49-,50+,51+,53-,54+,58-,59-,62-/m1/s1. The van der Waals surface area contributed by atoms with E-state index in [1.807, 2.05) is 97.0 Å². The Morgan fingerprint density at radius 3 is 2.25 bits per heavy atom. The zero-order chi connectivity index (χ0) is 58.2. The number of benzene rings is 1. The van der Waals surface area contributed by atoms with Crippen molar-refractivity contribution in [3.05, 3.63) is 83.5 Å². The average molecular weight is 1100 g/mol. The van der Waals surface area contributed by atoms with Gasteiger partial charge in [0.2, 0.25) is 5.91 Å². The molecule has 0 radical (unpaired) electrons. The van der Waals surface area contributed by atoms with E-state index in [1.54, 1.807) is 18.9 Å². The molecule has 79 heavy (non-hydrogen) atoms. The van der Waals surface area contributed by atoms with Gasteiger partial charge in [-0.25, -0.2) is 4.79 Å². The van der Waals surface area contributed by atoms with Crippen LogP contribution in [0.5, 0.6) is 0 Å². The quantitative estimate of drug-likeness (QED) is 0.0156. The molecule has 4 amide bonds. The number of hydrogen-bond acceptors (Lipinski definition) is 13. The Hall–Kier alpha value is -5.33. The summed E-state index contributed by atoms with van der Waals surface area (Å²) in [4.78, 5) is 93.3. The lowest BCUT2D eigenvalue weighted by atomic mass is 9.88. The minimum atomic E-state index is -1.02. The van der Waals surface area contributed by atoms with Crippen LogP contribution in [-0.4, -0.2) is 161 Å². The predicted molar refractivity (Wildman–Crippen MR) is 301 cm³/mol. The van der Waals surface area contributed by atoms with Gasteiger partial charge in [0, 0.05) is 68.4 Å². The molecule has 1 aromatic carbocycles. The Morgan fingerprint density at radius 1 is 0.962 bits per heavy atom. The van der Waals surface area contributed by atoms with E-state index in [1.165, 1.54) is 17.1 Å². The molecule has 17 nitrogen and oxygen atoms in total. The molecule has 0 unspecified atom stereocenters. The van der Waals surface area contributed by atoms with Gasteiger partial charge >= 0.3 is 12.1 Å². The molecule has 4 aliphatic heterocycles. The van der Waals surface area contributed by atoms with Gasteiger partial charge in [-0.15, -0.1) is 0 Å². The van der Waals surface area contributed by atoms with Gasteiger partial charge in [0.25, 0.3) is 11.8 Å². The van der Waals surface area contributed by atoms with Crippen LogP contribution in [-0.2, 0) is 60.7 Å². The number of likely N-dealkylation sites (N-methyl/N-ethyl adjacent to an activating group) is 1. The van der Waals surface area contributed by atoms with Crippen LogP contribution in [0.3, 0.4) is 0 Å². The van der Waals surface area contributed by atoms with Crippen LogP contribution >= 0.6 is 0 Å². The van der Waals surface area contributed by atoms with Crippen molar-refractivity contribution in [2.24, 2.45) is 29.6 Å². The number of ether oxygens (including phenoxy) is 4. The minimum absolute atomic E-state index is 0.0395. The Bertz CT molecular complexity index is 2350. The number of allylic oxidation sites excluding steroid dienone is 3. The van der Waals surface area contributed by atoms with Crippen molar-refractivity contribution in [1.29, 1.82) is 0 Å². The maximum atomic E-state index is 14.0. The van der Waals surface area contributed by atoms with Crippen LogP contribution in [0.2, 0.25) is 0 Å². The number of cyclic esters (lactones) is 1. The summed E-state index contributed by atoms with van der Waals surface area (Å²) in [6.45, 7) is 20.6. The first kappa shape index (κ1) is 64.5. The molecule has 17 heteroatoms. The number of aliphatic hydroxyl groups is 2. The second-order valence-corrected chi connectivity index (χ2v) is 23.8. The molecule has 1 aromatic rings. The van der Waals surface area contributed by atoms with Crippen LogP contribution in [0.25, 0.3) is 0 Å². The van der Waals surface area contributed by atoms with Crippen LogP contribution in [0.15, 0.2) is 72.4 Å². The van der Waals surface area contributed by atoms with E-state index in [0.717, 1.165) is 23.1 Å². The topological polar surface area (TPSA) is 219 Å². The van der Waals surface area contributed by atoms with Gasteiger partial charge in [-0.05, 0) is 88.3 Å². The molecule has 0 bridgehead atoms. The Balaban J connectivity index is 1.10. The summed E-state index contributed by atoms with van der Waals surface area (Å²) in [6, 6.07) is 7.15. The minimum Gasteiger partial charge on any atom is -0.457 e. The van der Waals surface area contributed by atoms with Gasteiger partial charge in [0.1, 0.15) is 24.0 Å². The maximum Gasteiger partial charge on any atom is 0.410 e. The number of Topliss-reactive ketones (excluding diaryl/α,β-unsaturated/α-hetero) is 2. The molecule has 0 saturated carbocycles. The summed E-state index contributed by atoms with van der Waals surface area (Å²) in [7, 11) is 3.72. The van der Waals surface area contributed by atoms with E-state index in [9.17, 15) is 43.8 Å². The number of epoxide rings is 1. The normalized spacial score (nSPS) is 27.1. The fourth-order valence-corrected chi connectivity index (χ4v) is 10.8. The summed E-state index contributed by atoms with van der Waals surface area (Å²) in [5.41, 5.74) is 1.70. The van der Waals surface area contributed by atoms with Crippen molar-refractivity contribution in [2.45, 2.75) is 188 Å². The number of ketones is 2. The summed E-state index contributed by atoms with van der Waals surface area (Å²) in [5.74, 6) is -2.37. The maximum absolute atomic E-state index is 14.0. The Labute approximate surface area is 469 Å². The fourth-order valence-electron chi connectivity index (χ4n) is 10.8. The van der Waals surface area contributed by atoms with Crippen LogP contribution in [0, 0.1) is 29.6 Å². The number of nitrogens with zero attached hydrogens (tertiary/aromatic N) is 3. The van der Waals surface area contributed by atoms with Crippen molar-refractivity contribution < 1.29 is 67.2 Å². The molecular formula is C62H93N4O13+. The highest BCUT2D eigenvalue weighted by atomic mass is 16.6. The number of unbranched alkanes of at least 4 members (excludes halogenated alkanes) is 2. The van der Waals surface area contributed by atoms with Crippen LogP contribution < -0.4 is 5.32 Å². The fraction of sp³-hybridized carbons (Fsp3) is 0.661. The van der Waals surface area contributed by atoms with Crippen molar-refractivity contribution in [3.63, 3.8) is 0 Å². The highest BCUT2D eigenvalue weighted by molar-refractivity contribution is 6.12. The summed E-state index contributed by atoms with van der Waals surface area (Å²) in [5, 5.41) is 24.1. The molecular weight excluding hydrogens is 1010 g/mol.